The van der Waals surface area contributed by atoms with E-state index in [-0.39, 0.29) is 22.8 Å². The van der Waals surface area contributed by atoms with Gasteiger partial charge in [-0.1, -0.05) is 6.07 Å². The van der Waals surface area contributed by atoms with Crippen molar-refractivity contribution in [1.82, 2.24) is 9.88 Å². The monoisotopic (exact) mass is 272 g/mol. The number of aromatic amines is 1. The van der Waals surface area contributed by atoms with Gasteiger partial charge in [0.2, 0.25) is 0 Å². The van der Waals surface area contributed by atoms with Gasteiger partial charge in [-0.2, -0.15) is 0 Å². The lowest BCUT2D eigenvalue weighted by Crippen LogP contribution is -2.36. The van der Waals surface area contributed by atoms with Crippen molar-refractivity contribution in [2.24, 2.45) is 0 Å². The van der Waals surface area contributed by atoms with Crippen molar-refractivity contribution in [3.8, 4) is 5.75 Å². The molecule has 2 heterocycles. The molecule has 5 heteroatoms. The van der Waals surface area contributed by atoms with Gasteiger partial charge in [-0.25, -0.2) is 0 Å². The zero-order valence-corrected chi connectivity index (χ0v) is 11.1. The second-order valence-electron chi connectivity index (χ2n) is 5.10. The van der Waals surface area contributed by atoms with Crippen LogP contribution in [0.25, 0.3) is 10.9 Å². The molecule has 20 heavy (non-hydrogen) atoms. The molecule has 1 aliphatic heterocycles. The average molecular weight is 272 g/mol. The third-order valence-electron chi connectivity index (χ3n) is 3.72. The topological polar surface area (TPSA) is 73.4 Å². The van der Waals surface area contributed by atoms with Crippen LogP contribution in [-0.2, 0) is 0 Å². The first-order chi connectivity index (χ1) is 9.66. The molecular formula is C15H16N2O3. The summed E-state index contributed by atoms with van der Waals surface area (Å²) < 4.78 is 0. The quantitative estimate of drug-likeness (QED) is 0.832. The van der Waals surface area contributed by atoms with E-state index in [2.05, 4.69) is 4.98 Å². The van der Waals surface area contributed by atoms with Crippen molar-refractivity contribution in [1.29, 1.82) is 0 Å². The SMILES string of the molecule is O=C(c1cc(=O)c2cccc(O)c2[nH]1)N1CCCCC1. The number of phenolic OH excluding ortho intramolecular Hbond substituents is 1. The number of pyridine rings is 1. The van der Waals surface area contributed by atoms with Gasteiger partial charge >= 0.3 is 0 Å². The van der Waals surface area contributed by atoms with Crippen molar-refractivity contribution in [2.45, 2.75) is 19.3 Å². The molecule has 104 valence electrons. The van der Waals surface area contributed by atoms with Gasteiger partial charge in [0.1, 0.15) is 11.4 Å². The Balaban J connectivity index is 2.06. The Morgan fingerprint density at radius 1 is 1.20 bits per heavy atom. The molecule has 5 nitrogen and oxygen atoms in total. The van der Waals surface area contributed by atoms with Crippen LogP contribution in [0.2, 0.25) is 0 Å². The van der Waals surface area contributed by atoms with Crippen molar-refractivity contribution < 1.29 is 9.90 Å². The number of rotatable bonds is 1. The van der Waals surface area contributed by atoms with Crippen molar-refractivity contribution in [3.05, 3.63) is 40.2 Å². The highest BCUT2D eigenvalue weighted by atomic mass is 16.3. The van der Waals surface area contributed by atoms with Gasteiger partial charge in [0.15, 0.2) is 5.43 Å². The minimum atomic E-state index is -0.255. The van der Waals surface area contributed by atoms with Gasteiger partial charge in [0.25, 0.3) is 5.91 Å². The largest absolute Gasteiger partial charge is 0.506 e. The highest BCUT2D eigenvalue weighted by Gasteiger charge is 2.20. The molecule has 0 atom stereocenters. The van der Waals surface area contributed by atoms with Crippen molar-refractivity contribution in [2.75, 3.05) is 13.1 Å². The molecule has 1 aliphatic rings. The fourth-order valence-electron chi connectivity index (χ4n) is 2.64. The van der Waals surface area contributed by atoms with E-state index >= 15 is 0 Å². The van der Waals surface area contributed by atoms with E-state index in [1.54, 1.807) is 17.0 Å². The normalized spacial score (nSPS) is 15.5. The second kappa shape index (κ2) is 5.00. The van der Waals surface area contributed by atoms with Crippen molar-refractivity contribution >= 4 is 16.8 Å². The zero-order valence-electron chi connectivity index (χ0n) is 11.1. The molecule has 3 rings (SSSR count). The number of hydrogen-bond acceptors (Lipinski definition) is 3. The van der Waals surface area contributed by atoms with E-state index in [0.29, 0.717) is 10.9 Å². The maximum atomic E-state index is 12.4. The van der Waals surface area contributed by atoms with Gasteiger partial charge in [-0.15, -0.1) is 0 Å². The first-order valence-electron chi connectivity index (χ1n) is 6.81. The number of carbonyl (C=O) groups is 1. The summed E-state index contributed by atoms with van der Waals surface area (Å²) in [6, 6.07) is 6.05. The van der Waals surface area contributed by atoms with Gasteiger partial charge in [0.05, 0.1) is 5.52 Å². The summed E-state index contributed by atoms with van der Waals surface area (Å²) in [4.78, 5) is 29.1. The number of carbonyl (C=O) groups excluding carboxylic acids is 1. The molecule has 1 aromatic carbocycles. The predicted molar refractivity (Wildman–Crippen MR) is 76.0 cm³/mol. The number of nitrogens with zero attached hydrogens (tertiary/aromatic N) is 1. The second-order valence-corrected chi connectivity index (χ2v) is 5.10. The number of likely N-dealkylation sites (tertiary alicyclic amines) is 1. The third kappa shape index (κ3) is 2.15. The standard InChI is InChI=1S/C15H16N2O3/c18-12-6-4-5-10-13(19)9-11(16-14(10)12)15(20)17-7-2-1-3-8-17/h4-6,9,18H,1-3,7-8H2,(H,16,19). The summed E-state index contributed by atoms with van der Waals surface area (Å²) in [5.41, 5.74) is 0.307. The first-order valence-corrected chi connectivity index (χ1v) is 6.81. The molecule has 1 saturated heterocycles. The molecule has 1 fully saturated rings. The van der Waals surface area contributed by atoms with Crippen LogP contribution in [0.3, 0.4) is 0 Å². The summed E-state index contributed by atoms with van der Waals surface area (Å²) in [6.45, 7) is 1.44. The van der Waals surface area contributed by atoms with Crippen LogP contribution in [0.15, 0.2) is 29.1 Å². The highest BCUT2D eigenvalue weighted by molar-refractivity contribution is 5.95. The van der Waals surface area contributed by atoms with Gasteiger partial charge in [-0.05, 0) is 31.4 Å². The fourth-order valence-corrected chi connectivity index (χ4v) is 2.64. The smallest absolute Gasteiger partial charge is 0.270 e. The Bertz CT molecular complexity index is 715. The summed E-state index contributed by atoms with van der Waals surface area (Å²) in [5.74, 6) is -0.195. The van der Waals surface area contributed by atoms with Crippen LogP contribution in [0.5, 0.6) is 5.75 Å². The maximum Gasteiger partial charge on any atom is 0.270 e. The first kappa shape index (κ1) is 12.7. The fraction of sp³-hybridized carbons (Fsp3) is 0.333. The van der Waals surface area contributed by atoms with Crippen LogP contribution in [0.4, 0.5) is 0 Å². The predicted octanol–water partition coefficient (Wildman–Crippen LogP) is 1.86. The number of phenols is 1. The molecule has 2 aromatic rings. The molecule has 2 N–H and O–H groups in total. The Kier molecular flexibility index (Phi) is 3.18. The van der Waals surface area contributed by atoms with E-state index in [4.69, 9.17) is 0 Å². The molecule has 0 saturated carbocycles. The lowest BCUT2D eigenvalue weighted by molar-refractivity contribution is 0.0718. The number of hydrogen-bond donors (Lipinski definition) is 2. The number of H-pyrrole nitrogens is 1. The van der Waals surface area contributed by atoms with Crippen LogP contribution in [-0.4, -0.2) is 34.0 Å². The molecule has 0 radical (unpaired) electrons. The van der Waals surface area contributed by atoms with Crippen LogP contribution in [0, 0.1) is 0 Å². The molecule has 0 unspecified atom stereocenters. The molecule has 0 aliphatic carbocycles. The number of fused-ring (bicyclic) bond motifs is 1. The van der Waals surface area contributed by atoms with Crippen LogP contribution < -0.4 is 5.43 Å². The minimum Gasteiger partial charge on any atom is -0.506 e. The zero-order chi connectivity index (χ0) is 14.1. The molecule has 0 spiro atoms. The maximum absolute atomic E-state index is 12.4. The Morgan fingerprint density at radius 3 is 2.70 bits per heavy atom. The average Bonchev–Trinajstić information content (AvgIpc) is 2.48. The number of nitrogens with one attached hydrogen (secondary N) is 1. The Labute approximate surface area is 115 Å². The number of aromatic nitrogens is 1. The van der Waals surface area contributed by atoms with Crippen LogP contribution >= 0.6 is 0 Å². The van der Waals surface area contributed by atoms with E-state index in [0.717, 1.165) is 32.4 Å². The van der Waals surface area contributed by atoms with E-state index in [1.165, 1.54) is 12.1 Å². The lowest BCUT2D eigenvalue weighted by Gasteiger charge is -2.26. The minimum absolute atomic E-state index is 0.0205. The number of amides is 1. The highest BCUT2D eigenvalue weighted by Crippen LogP contribution is 2.20. The lowest BCUT2D eigenvalue weighted by atomic mass is 10.1. The molecular weight excluding hydrogens is 256 g/mol. The van der Waals surface area contributed by atoms with Gasteiger partial charge < -0.3 is 15.0 Å². The molecule has 0 bridgehead atoms. The van der Waals surface area contributed by atoms with Crippen molar-refractivity contribution in [3.63, 3.8) is 0 Å². The number of aromatic hydroxyl groups is 1. The summed E-state index contributed by atoms with van der Waals surface area (Å²) in [7, 11) is 0. The molecule has 1 amide bonds. The van der Waals surface area contributed by atoms with E-state index in [1.807, 2.05) is 0 Å². The number of benzene rings is 1. The summed E-state index contributed by atoms with van der Waals surface area (Å²) in [5, 5.41) is 10.2. The van der Waals surface area contributed by atoms with Gasteiger partial charge in [0, 0.05) is 24.5 Å². The third-order valence-corrected chi connectivity index (χ3v) is 3.72. The Morgan fingerprint density at radius 2 is 1.95 bits per heavy atom. The number of piperidine rings is 1. The number of para-hydroxylation sites is 1. The van der Waals surface area contributed by atoms with Gasteiger partial charge in [-0.3, -0.25) is 9.59 Å². The summed E-state index contributed by atoms with van der Waals surface area (Å²) in [6.07, 6.45) is 3.13. The van der Waals surface area contributed by atoms with E-state index in [9.17, 15) is 14.7 Å². The molecule has 1 aromatic heterocycles. The van der Waals surface area contributed by atoms with Crippen LogP contribution in [0.1, 0.15) is 29.8 Å². The van der Waals surface area contributed by atoms with E-state index < -0.39 is 0 Å². The summed E-state index contributed by atoms with van der Waals surface area (Å²) >= 11 is 0. The Hall–Kier alpha value is -2.30.